The van der Waals surface area contributed by atoms with Crippen molar-refractivity contribution in [1.82, 2.24) is 10.2 Å². The highest BCUT2D eigenvalue weighted by Gasteiger charge is 2.22. The first-order chi connectivity index (χ1) is 8.24. The number of hydrogen-bond donors (Lipinski definition) is 1. The Morgan fingerprint density at radius 3 is 2.41 bits per heavy atom. The lowest BCUT2D eigenvalue weighted by atomic mass is 10.0. The SMILES string of the molecule is CC1CNCC(C)CN(CC2CCCCO2)C1. The fourth-order valence-electron chi connectivity index (χ4n) is 3.05. The van der Waals surface area contributed by atoms with Crippen LogP contribution in [0.25, 0.3) is 0 Å². The molecule has 2 heterocycles. The zero-order valence-electron chi connectivity index (χ0n) is 11.5. The Hall–Kier alpha value is -0.120. The molecule has 0 aromatic carbocycles. The van der Waals surface area contributed by atoms with Gasteiger partial charge >= 0.3 is 0 Å². The van der Waals surface area contributed by atoms with E-state index in [0.29, 0.717) is 6.10 Å². The van der Waals surface area contributed by atoms with E-state index >= 15 is 0 Å². The highest BCUT2D eigenvalue weighted by molar-refractivity contribution is 4.76. The fraction of sp³-hybridized carbons (Fsp3) is 1.00. The van der Waals surface area contributed by atoms with Gasteiger partial charge in [-0.25, -0.2) is 0 Å². The second kappa shape index (κ2) is 6.72. The molecule has 2 saturated heterocycles. The Labute approximate surface area is 106 Å². The Kier molecular flexibility index (Phi) is 5.26. The molecular weight excluding hydrogens is 212 g/mol. The Morgan fingerprint density at radius 1 is 1.12 bits per heavy atom. The van der Waals surface area contributed by atoms with Gasteiger partial charge in [-0.05, 0) is 44.2 Å². The van der Waals surface area contributed by atoms with Gasteiger partial charge in [0.1, 0.15) is 0 Å². The quantitative estimate of drug-likeness (QED) is 0.795. The van der Waals surface area contributed by atoms with Crippen molar-refractivity contribution >= 4 is 0 Å². The van der Waals surface area contributed by atoms with Gasteiger partial charge in [0.15, 0.2) is 0 Å². The van der Waals surface area contributed by atoms with Crippen LogP contribution in [-0.4, -0.2) is 50.3 Å². The third-order valence-corrected chi connectivity index (χ3v) is 3.86. The van der Waals surface area contributed by atoms with Crippen LogP contribution in [0.15, 0.2) is 0 Å². The molecule has 0 aliphatic carbocycles. The molecule has 1 N–H and O–H groups in total. The predicted molar refractivity (Wildman–Crippen MR) is 71.2 cm³/mol. The summed E-state index contributed by atoms with van der Waals surface area (Å²) in [5, 5.41) is 3.55. The van der Waals surface area contributed by atoms with E-state index in [1.807, 2.05) is 0 Å². The van der Waals surface area contributed by atoms with Gasteiger partial charge in [-0.3, -0.25) is 0 Å². The van der Waals surface area contributed by atoms with Crippen LogP contribution in [0.3, 0.4) is 0 Å². The summed E-state index contributed by atoms with van der Waals surface area (Å²) in [7, 11) is 0. The molecule has 3 unspecified atom stereocenters. The Balaban J connectivity index is 1.82. The molecule has 17 heavy (non-hydrogen) atoms. The smallest absolute Gasteiger partial charge is 0.0702 e. The lowest BCUT2D eigenvalue weighted by Crippen LogP contribution is -2.46. The van der Waals surface area contributed by atoms with Crippen LogP contribution in [0.1, 0.15) is 33.1 Å². The molecule has 0 saturated carbocycles. The number of hydrogen-bond acceptors (Lipinski definition) is 3. The second-order valence-electron chi connectivity index (χ2n) is 6.08. The summed E-state index contributed by atoms with van der Waals surface area (Å²) in [6.45, 7) is 11.6. The molecule has 100 valence electrons. The molecule has 0 amide bonds. The maximum atomic E-state index is 5.87. The maximum absolute atomic E-state index is 5.87. The zero-order valence-corrected chi connectivity index (χ0v) is 11.5. The van der Waals surface area contributed by atoms with Gasteiger partial charge in [0.2, 0.25) is 0 Å². The van der Waals surface area contributed by atoms with Crippen LogP contribution in [0.5, 0.6) is 0 Å². The molecule has 0 spiro atoms. The molecule has 3 atom stereocenters. The van der Waals surface area contributed by atoms with Crippen LogP contribution in [0.4, 0.5) is 0 Å². The summed E-state index contributed by atoms with van der Waals surface area (Å²) < 4.78 is 5.87. The van der Waals surface area contributed by atoms with Crippen LogP contribution < -0.4 is 5.32 Å². The minimum absolute atomic E-state index is 0.496. The van der Waals surface area contributed by atoms with Crippen molar-refractivity contribution in [3.05, 3.63) is 0 Å². The van der Waals surface area contributed by atoms with Crippen LogP contribution in [-0.2, 0) is 4.74 Å². The summed E-state index contributed by atoms with van der Waals surface area (Å²) in [5.74, 6) is 1.51. The maximum Gasteiger partial charge on any atom is 0.0702 e. The molecule has 2 rings (SSSR count). The number of ether oxygens (including phenoxy) is 1. The number of nitrogens with one attached hydrogen (secondary N) is 1. The van der Waals surface area contributed by atoms with Crippen molar-refractivity contribution in [1.29, 1.82) is 0 Å². The van der Waals surface area contributed by atoms with E-state index in [9.17, 15) is 0 Å². The van der Waals surface area contributed by atoms with Gasteiger partial charge < -0.3 is 15.0 Å². The van der Waals surface area contributed by atoms with Crippen LogP contribution >= 0.6 is 0 Å². The molecule has 0 bridgehead atoms. The Bertz CT molecular complexity index is 204. The lowest BCUT2D eigenvalue weighted by Gasteiger charge is -2.35. The van der Waals surface area contributed by atoms with Crippen molar-refractivity contribution in [2.45, 2.75) is 39.2 Å². The lowest BCUT2D eigenvalue weighted by molar-refractivity contribution is -0.0112. The molecule has 2 aliphatic heterocycles. The molecule has 2 aliphatic rings. The molecule has 0 aromatic rings. The van der Waals surface area contributed by atoms with Crippen molar-refractivity contribution in [2.75, 3.05) is 39.3 Å². The van der Waals surface area contributed by atoms with E-state index in [1.54, 1.807) is 0 Å². The molecule has 3 nitrogen and oxygen atoms in total. The first-order valence-electron chi connectivity index (χ1n) is 7.28. The van der Waals surface area contributed by atoms with Crippen LogP contribution in [0.2, 0.25) is 0 Å². The van der Waals surface area contributed by atoms with Crippen molar-refractivity contribution < 1.29 is 4.74 Å². The van der Waals surface area contributed by atoms with Gasteiger partial charge in [-0.2, -0.15) is 0 Å². The van der Waals surface area contributed by atoms with Gasteiger partial charge in [0.05, 0.1) is 6.10 Å². The normalized spacial score (nSPS) is 37.4. The minimum Gasteiger partial charge on any atom is -0.377 e. The molecule has 2 fully saturated rings. The molecule has 3 heteroatoms. The highest BCUT2D eigenvalue weighted by atomic mass is 16.5. The van der Waals surface area contributed by atoms with Crippen molar-refractivity contribution in [2.24, 2.45) is 11.8 Å². The van der Waals surface area contributed by atoms with E-state index in [-0.39, 0.29) is 0 Å². The average molecular weight is 240 g/mol. The summed E-state index contributed by atoms with van der Waals surface area (Å²) in [6, 6.07) is 0. The summed E-state index contributed by atoms with van der Waals surface area (Å²) >= 11 is 0. The Morgan fingerprint density at radius 2 is 1.82 bits per heavy atom. The number of rotatable bonds is 2. The summed E-state index contributed by atoms with van der Waals surface area (Å²) in [6.07, 6.45) is 4.37. The number of nitrogens with zero attached hydrogens (tertiary/aromatic N) is 1. The van der Waals surface area contributed by atoms with Crippen molar-refractivity contribution in [3.63, 3.8) is 0 Å². The van der Waals surface area contributed by atoms with Gasteiger partial charge in [0.25, 0.3) is 0 Å². The molecular formula is C14H28N2O. The van der Waals surface area contributed by atoms with E-state index < -0.39 is 0 Å². The fourth-order valence-corrected chi connectivity index (χ4v) is 3.05. The highest BCUT2D eigenvalue weighted by Crippen LogP contribution is 2.16. The predicted octanol–water partition coefficient (Wildman–Crippen LogP) is 1.73. The largest absolute Gasteiger partial charge is 0.377 e. The topological polar surface area (TPSA) is 24.5 Å². The first-order valence-corrected chi connectivity index (χ1v) is 7.28. The summed E-state index contributed by atoms with van der Waals surface area (Å²) in [5.41, 5.74) is 0. The minimum atomic E-state index is 0.496. The monoisotopic (exact) mass is 240 g/mol. The molecule has 0 aromatic heterocycles. The molecule has 0 radical (unpaired) electrons. The van der Waals surface area contributed by atoms with Gasteiger partial charge in [0, 0.05) is 26.2 Å². The average Bonchev–Trinajstić information content (AvgIpc) is 2.28. The third kappa shape index (κ3) is 4.57. The third-order valence-electron chi connectivity index (χ3n) is 3.86. The first kappa shape index (κ1) is 13.3. The standard InChI is InChI=1S/C14H28N2O/c1-12-7-15-8-13(2)10-16(9-12)11-14-5-3-4-6-17-14/h12-15H,3-11H2,1-2H3. The van der Waals surface area contributed by atoms with Crippen LogP contribution in [0, 0.1) is 11.8 Å². The van der Waals surface area contributed by atoms with E-state index in [2.05, 4.69) is 24.1 Å². The zero-order chi connectivity index (χ0) is 12.1. The van der Waals surface area contributed by atoms with Gasteiger partial charge in [-0.15, -0.1) is 0 Å². The van der Waals surface area contributed by atoms with Crippen molar-refractivity contribution in [3.8, 4) is 0 Å². The van der Waals surface area contributed by atoms with Gasteiger partial charge in [-0.1, -0.05) is 13.8 Å². The van der Waals surface area contributed by atoms with E-state index in [0.717, 1.165) is 38.1 Å². The van der Waals surface area contributed by atoms with E-state index in [4.69, 9.17) is 4.74 Å². The van der Waals surface area contributed by atoms with E-state index in [1.165, 1.54) is 32.4 Å². The second-order valence-corrected chi connectivity index (χ2v) is 6.08. The summed E-state index contributed by atoms with van der Waals surface area (Å²) in [4.78, 5) is 2.63.